The minimum absolute atomic E-state index is 0.106. The van der Waals surface area contributed by atoms with Gasteiger partial charge in [0, 0.05) is 24.1 Å². The van der Waals surface area contributed by atoms with Gasteiger partial charge < -0.3 is 15.2 Å². The minimum atomic E-state index is 0.106. The quantitative estimate of drug-likeness (QED) is 0.710. The predicted octanol–water partition coefficient (Wildman–Crippen LogP) is 1.48. The van der Waals surface area contributed by atoms with E-state index in [1.807, 2.05) is 18.2 Å². The first-order chi connectivity index (χ1) is 6.31. The Morgan fingerprint density at radius 1 is 1.54 bits per heavy atom. The lowest BCUT2D eigenvalue weighted by Gasteiger charge is -2.23. The molecule has 1 unspecified atom stereocenters. The SMILES string of the molecule is COc1ccc2c(c1)OCCC2N. The van der Waals surface area contributed by atoms with Crippen molar-refractivity contribution in [3.63, 3.8) is 0 Å². The van der Waals surface area contributed by atoms with E-state index in [1.54, 1.807) is 7.11 Å². The summed E-state index contributed by atoms with van der Waals surface area (Å²) in [5.74, 6) is 1.67. The summed E-state index contributed by atoms with van der Waals surface area (Å²) in [6, 6.07) is 5.87. The lowest BCUT2D eigenvalue weighted by Crippen LogP contribution is -2.20. The van der Waals surface area contributed by atoms with Crippen LogP contribution in [0.5, 0.6) is 11.5 Å². The summed E-state index contributed by atoms with van der Waals surface area (Å²) >= 11 is 0. The Balaban J connectivity index is 2.39. The molecule has 3 nitrogen and oxygen atoms in total. The van der Waals surface area contributed by atoms with Crippen molar-refractivity contribution >= 4 is 0 Å². The number of ether oxygens (including phenoxy) is 2. The van der Waals surface area contributed by atoms with E-state index < -0.39 is 0 Å². The van der Waals surface area contributed by atoms with E-state index in [0.717, 1.165) is 23.5 Å². The molecule has 1 aliphatic rings. The van der Waals surface area contributed by atoms with Gasteiger partial charge in [-0.15, -0.1) is 0 Å². The molecule has 0 saturated carbocycles. The topological polar surface area (TPSA) is 44.5 Å². The van der Waals surface area contributed by atoms with Gasteiger partial charge in [-0.1, -0.05) is 6.07 Å². The standard InChI is InChI=1S/C10H13NO2/c1-12-7-2-3-8-9(11)4-5-13-10(8)6-7/h2-3,6,9H,4-5,11H2,1H3. The zero-order chi connectivity index (χ0) is 9.26. The van der Waals surface area contributed by atoms with Crippen molar-refractivity contribution in [1.82, 2.24) is 0 Å². The van der Waals surface area contributed by atoms with Crippen molar-refractivity contribution in [3.05, 3.63) is 23.8 Å². The van der Waals surface area contributed by atoms with Crippen LogP contribution in [-0.2, 0) is 0 Å². The van der Waals surface area contributed by atoms with Crippen molar-refractivity contribution in [1.29, 1.82) is 0 Å². The van der Waals surface area contributed by atoms with Crippen LogP contribution in [0.2, 0.25) is 0 Å². The highest BCUT2D eigenvalue weighted by Gasteiger charge is 2.17. The second kappa shape index (κ2) is 3.26. The van der Waals surface area contributed by atoms with Crippen LogP contribution in [-0.4, -0.2) is 13.7 Å². The Morgan fingerprint density at radius 3 is 3.15 bits per heavy atom. The number of nitrogens with two attached hydrogens (primary N) is 1. The Labute approximate surface area is 77.5 Å². The van der Waals surface area contributed by atoms with E-state index in [-0.39, 0.29) is 6.04 Å². The van der Waals surface area contributed by atoms with E-state index in [0.29, 0.717) is 6.61 Å². The van der Waals surface area contributed by atoms with E-state index >= 15 is 0 Å². The van der Waals surface area contributed by atoms with Gasteiger partial charge in [-0.05, 0) is 6.07 Å². The molecule has 0 spiro atoms. The lowest BCUT2D eigenvalue weighted by atomic mass is 10.0. The van der Waals surface area contributed by atoms with Crippen molar-refractivity contribution in [3.8, 4) is 11.5 Å². The molecule has 1 heterocycles. The Bertz CT molecular complexity index is 312. The summed E-state index contributed by atoms with van der Waals surface area (Å²) in [5.41, 5.74) is 6.99. The van der Waals surface area contributed by atoms with Crippen LogP contribution in [0.4, 0.5) is 0 Å². The third kappa shape index (κ3) is 1.47. The maximum Gasteiger partial charge on any atom is 0.127 e. The van der Waals surface area contributed by atoms with Gasteiger partial charge in [0.15, 0.2) is 0 Å². The zero-order valence-electron chi connectivity index (χ0n) is 7.62. The maximum absolute atomic E-state index is 5.92. The highest BCUT2D eigenvalue weighted by molar-refractivity contribution is 5.43. The number of rotatable bonds is 1. The van der Waals surface area contributed by atoms with Crippen LogP contribution >= 0.6 is 0 Å². The number of fused-ring (bicyclic) bond motifs is 1. The molecule has 2 N–H and O–H groups in total. The summed E-state index contributed by atoms with van der Waals surface area (Å²) in [6.07, 6.45) is 0.888. The van der Waals surface area contributed by atoms with Gasteiger partial charge in [0.1, 0.15) is 11.5 Å². The van der Waals surface area contributed by atoms with Crippen LogP contribution in [0, 0.1) is 0 Å². The lowest BCUT2D eigenvalue weighted by molar-refractivity contribution is 0.267. The fourth-order valence-corrected chi connectivity index (χ4v) is 1.52. The molecule has 1 aromatic carbocycles. The molecule has 0 aromatic heterocycles. The number of methoxy groups -OCH3 is 1. The van der Waals surface area contributed by atoms with E-state index in [2.05, 4.69) is 0 Å². The molecule has 1 aromatic rings. The van der Waals surface area contributed by atoms with Crippen LogP contribution in [0.3, 0.4) is 0 Å². The number of hydrogen-bond acceptors (Lipinski definition) is 3. The zero-order valence-corrected chi connectivity index (χ0v) is 7.62. The van der Waals surface area contributed by atoms with Gasteiger partial charge in [-0.2, -0.15) is 0 Å². The monoisotopic (exact) mass is 179 g/mol. The normalized spacial score (nSPS) is 20.3. The molecule has 70 valence electrons. The molecule has 0 bridgehead atoms. The molecule has 0 aliphatic carbocycles. The highest BCUT2D eigenvalue weighted by atomic mass is 16.5. The number of benzene rings is 1. The van der Waals surface area contributed by atoms with Crippen molar-refractivity contribution in [2.45, 2.75) is 12.5 Å². The van der Waals surface area contributed by atoms with Crippen LogP contribution in [0.25, 0.3) is 0 Å². The Kier molecular flexibility index (Phi) is 2.10. The minimum Gasteiger partial charge on any atom is -0.497 e. The first-order valence-corrected chi connectivity index (χ1v) is 4.37. The van der Waals surface area contributed by atoms with Gasteiger partial charge in [-0.25, -0.2) is 0 Å². The van der Waals surface area contributed by atoms with Crippen LogP contribution in [0.1, 0.15) is 18.0 Å². The average Bonchev–Trinajstić information content (AvgIpc) is 2.18. The first-order valence-electron chi connectivity index (χ1n) is 4.37. The molecule has 0 saturated heterocycles. The summed E-state index contributed by atoms with van der Waals surface area (Å²) in [6.45, 7) is 0.696. The molecule has 0 radical (unpaired) electrons. The van der Waals surface area contributed by atoms with Gasteiger partial charge in [0.25, 0.3) is 0 Å². The average molecular weight is 179 g/mol. The molecule has 1 aliphatic heterocycles. The van der Waals surface area contributed by atoms with Crippen LogP contribution < -0.4 is 15.2 Å². The van der Waals surface area contributed by atoms with E-state index in [9.17, 15) is 0 Å². The Morgan fingerprint density at radius 2 is 2.38 bits per heavy atom. The van der Waals surface area contributed by atoms with Gasteiger partial charge in [0.2, 0.25) is 0 Å². The third-order valence-electron chi connectivity index (χ3n) is 2.31. The van der Waals surface area contributed by atoms with E-state index in [4.69, 9.17) is 15.2 Å². The molecular weight excluding hydrogens is 166 g/mol. The summed E-state index contributed by atoms with van der Waals surface area (Å²) in [5, 5.41) is 0. The van der Waals surface area contributed by atoms with Gasteiger partial charge >= 0.3 is 0 Å². The maximum atomic E-state index is 5.92. The summed E-state index contributed by atoms with van der Waals surface area (Å²) in [7, 11) is 1.64. The molecule has 1 atom stereocenters. The fourth-order valence-electron chi connectivity index (χ4n) is 1.52. The smallest absolute Gasteiger partial charge is 0.127 e. The summed E-state index contributed by atoms with van der Waals surface area (Å²) < 4.78 is 10.6. The Hall–Kier alpha value is -1.22. The molecular formula is C10H13NO2. The highest BCUT2D eigenvalue weighted by Crippen LogP contribution is 2.33. The van der Waals surface area contributed by atoms with Crippen molar-refractivity contribution in [2.24, 2.45) is 5.73 Å². The second-order valence-electron chi connectivity index (χ2n) is 3.15. The fraction of sp³-hybridized carbons (Fsp3) is 0.400. The molecule has 0 amide bonds. The van der Waals surface area contributed by atoms with Gasteiger partial charge in [-0.3, -0.25) is 0 Å². The first kappa shape index (κ1) is 8.38. The molecule has 2 rings (SSSR count). The van der Waals surface area contributed by atoms with E-state index in [1.165, 1.54) is 0 Å². The molecule has 13 heavy (non-hydrogen) atoms. The van der Waals surface area contributed by atoms with Gasteiger partial charge in [0.05, 0.1) is 13.7 Å². The number of hydrogen-bond donors (Lipinski definition) is 1. The molecule has 0 fully saturated rings. The largest absolute Gasteiger partial charge is 0.497 e. The van der Waals surface area contributed by atoms with Crippen molar-refractivity contribution in [2.75, 3.05) is 13.7 Å². The second-order valence-corrected chi connectivity index (χ2v) is 3.15. The van der Waals surface area contributed by atoms with Crippen molar-refractivity contribution < 1.29 is 9.47 Å². The van der Waals surface area contributed by atoms with Crippen LogP contribution in [0.15, 0.2) is 18.2 Å². The predicted molar refractivity (Wildman–Crippen MR) is 50.0 cm³/mol. The third-order valence-corrected chi connectivity index (χ3v) is 2.31. The molecule has 3 heteroatoms. The summed E-state index contributed by atoms with van der Waals surface area (Å²) in [4.78, 5) is 0.